The van der Waals surface area contributed by atoms with Crippen molar-refractivity contribution in [2.24, 2.45) is 5.92 Å². The van der Waals surface area contributed by atoms with Crippen molar-refractivity contribution in [1.29, 1.82) is 0 Å². The van der Waals surface area contributed by atoms with Crippen LogP contribution in [0.3, 0.4) is 0 Å². The molecule has 1 fully saturated rings. The van der Waals surface area contributed by atoms with Crippen molar-refractivity contribution in [2.75, 3.05) is 0 Å². The van der Waals surface area contributed by atoms with Crippen LogP contribution in [0.2, 0.25) is 0 Å². The molecule has 2 aromatic rings. The minimum atomic E-state index is -0.741. The molecule has 0 aliphatic heterocycles. The van der Waals surface area contributed by atoms with Gasteiger partial charge in [0.15, 0.2) is 0 Å². The lowest BCUT2D eigenvalue weighted by molar-refractivity contribution is -0.143. The summed E-state index contributed by atoms with van der Waals surface area (Å²) >= 11 is 1.42. The van der Waals surface area contributed by atoms with Crippen LogP contribution in [0.25, 0.3) is 10.2 Å². The largest absolute Gasteiger partial charge is 0.481 e. The molecule has 1 N–H and O–H groups in total. The molecule has 0 spiro atoms. The molecule has 1 aromatic heterocycles. The number of fused-ring (bicyclic) bond motifs is 1. The first-order valence-electron chi connectivity index (χ1n) is 6.44. The summed E-state index contributed by atoms with van der Waals surface area (Å²) in [6.07, 6.45) is 3.58. The molecular weight excluding hydrogens is 265 g/mol. The number of carbonyl (C=O) groups is 1. The topological polar surface area (TPSA) is 50.2 Å². The Morgan fingerprint density at radius 1 is 1.37 bits per heavy atom. The maximum Gasteiger partial charge on any atom is 0.307 e. The Kier molecular flexibility index (Phi) is 3.22. The summed E-state index contributed by atoms with van der Waals surface area (Å²) in [5.74, 6) is -1.39. The molecule has 0 saturated heterocycles. The van der Waals surface area contributed by atoms with Crippen LogP contribution in [-0.4, -0.2) is 16.1 Å². The molecule has 1 aromatic carbocycles. The van der Waals surface area contributed by atoms with Gasteiger partial charge in [-0.1, -0.05) is 12.8 Å². The van der Waals surface area contributed by atoms with Gasteiger partial charge in [0, 0.05) is 5.92 Å². The number of thiazole rings is 1. The molecule has 2 unspecified atom stereocenters. The third kappa shape index (κ3) is 2.34. The Labute approximate surface area is 114 Å². The minimum Gasteiger partial charge on any atom is -0.481 e. The van der Waals surface area contributed by atoms with Crippen molar-refractivity contribution in [1.82, 2.24) is 4.98 Å². The lowest BCUT2D eigenvalue weighted by atomic mass is 9.79. The van der Waals surface area contributed by atoms with E-state index in [1.165, 1.54) is 23.5 Å². The highest BCUT2D eigenvalue weighted by Crippen LogP contribution is 2.40. The Morgan fingerprint density at radius 2 is 2.16 bits per heavy atom. The number of carboxylic acids is 1. The van der Waals surface area contributed by atoms with Gasteiger partial charge < -0.3 is 5.11 Å². The fourth-order valence-corrected chi connectivity index (χ4v) is 3.99. The molecule has 1 aliphatic carbocycles. The van der Waals surface area contributed by atoms with Gasteiger partial charge in [-0.25, -0.2) is 9.37 Å². The summed E-state index contributed by atoms with van der Waals surface area (Å²) in [6, 6.07) is 4.51. The molecule has 3 nitrogen and oxygen atoms in total. The molecule has 5 heteroatoms. The number of benzene rings is 1. The lowest BCUT2D eigenvalue weighted by Gasteiger charge is -2.26. The molecule has 1 aliphatic rings. The number of rotatable bonds is 2. The molecule has 1 heterocycles. The van der Waals surface area contributed by atoms with E-state index < -0.39 is 5.97 Å². The van der Waals surface area contributed by atoms with Crippen LogP contribution in [0.1, 0.15) is 36.6 Å². The third-order valence-electron chi connectivity index (χ3n) is 3.77. The van der Waals surface area contributed by atoms with E-state index in [0.717, 1.165) is 34.5 Å². The van der Waals surface area contributed by atoms with Crippen molar-refractivity contribution < 1.29 is 14.3 Å². The van der Waals surface area contributed by atoms with E-state index in [4.69, 9.17) is 0 Å². The number of nitrogens with zero attached hydrogens (tertiary/aromatic N) is 1. The van der Waals surface area contributed by atoms with Gasteiger partial charge in [0.25, 0.3) is 0 Å². The zero-order valence-electron chi connectivity index (χ0n) is 10.3. The first-order valence-corrected chi connectivity index (χ1v) is 7.25. The number of aromatic nitrogens is 1. The van der Waals surface area contributed by atoms with Crippen LogP contribution < -0.4 is 0 Å². The quantitative estimate of drug-likeness (QED) is 0.909. The smallest absolute Gasteiger partial charge is 0.307 e. The summed E-state index contributed by atoms with van der Waals surface area (Å²) in [4.78, 5) is 15.8. The van der Waals surface area contributed by atoms with Crippen LogP contribution in [0.5, 0.6) is 0 Å². The fourth-order valence-electron chi connectivity index (χ4n) is 2.80. The van der Waals surface area contributed by atoms with Crippen molar-refractivity contribution in [3.63, 3.8) is 0 Å². The Morgan fingerprint density at radius 3 is 2.95 bits per heavy atom. The standard InChI is InChI=1S/C14H14FNO2S/c15-8-5-6-11-12(7-8)19-13(16-11)9-3-1-2-4-10(9)14(17)18/h5-7,9-10H,1-4H2,(H,17,18). The molecule has 0 radical (unpaired) electrons. The number of halogens is 1. The van der Waals surface area contributed by atoms with Crippen LogP contribution >= 0.6 is 11.3 Å². The summed E-state index contributed by atoms with van der Waals surface area (Å²) in [5.41, 5.74) is 0.760. The predicted molar refractivity (Wildman–Crippen MR) is 71.9 cm³/mol. The maximum absolute atomic E-state index is 13.2. The van der Waals surface area contributed by atoms with Gasteiger partial charge in [-0.2, -0.15) is 0 Å². The van der Waals surface area contributed by atoms with E-state index in [0.29, 0.717) is 6.42 Å². The van der Waals surface area contributed by atoms with Crippen LogP contribution in [0.15, 0.2) is 18.2 Å². The SMILES string of the molecule is O=C(O)C1CCCCC1c1nc2ccc(F)cc2s1. The van der Waals surface area contributed by atoms with E-state index in [9.17, 15) is 14.3 Å². The minimum absolute atomic E-state index is 0.0216. The predicted octanol–water partition coefficient (Wildman–Crippen LogP) is 3.79. The zero-order chi connectivity index (χ0) is 13.4. The normalized spacial score (nSPS) is 23.6. The third-order valence-corrected chi connectivity index (χ3v) is 4.92. The molecule has 1 saturated carbocycles. The Bertz CT molecular complexity index is 625. The number of hydrogen-bond donors (Lipinski definition) is 1. The Hall–Kier alpha value is -1.49. The van der Waals surface area contributed by atoms with Crippen molar-refractivity contribution in [2.45, 2.75) is 31.6 Å². The van der Waals surface area contributed by atoms with Crippen molar-refractivity contribution in [3.05, 3.63) is 29.0 Å². The van der Waals surface area contributed by atoms with E-state index in [2.05, 4.69) is 4.98 Å². The van der Waals surface area contributed by atoms with Gasteiger partial charge in [0.1, 0.15) is 5.82 Å². The number of carboxylic acid groups (broad SMARTS) is 1. The number of hydrogen-bond acceptors (Lipinski definition) is 3. The summed E-state index contributed by atoms with van der Waals surface area (Å²) in [6.45, 7) is 0. The van der Waals surface area contributed by atoms with E-state index in [1.807, 2.05) is 0 Å². The van der Waals surface area contributed by atoms with Crippen molar-refractivity contribution in [3.8, 4) is 0 Å². The average Bonchev–Trinajstić information content (AvgIpc) is 2.81. The molecular formula is C14H14FNO2S. The van der Waals surface area contributed by atoms with Crippen LogP contribution in [0, 0.1) is 11.7 Å². The van der Waals surface area contributed by atoms with Crippen molar-refractivity contribution >= 4 is 27.5 Å². The van der Waals surface area contributed by atoms with Crippen LogP contribution in [-0.2, 0) is 4.79 Å². The summed E-state index contributed by atoms with van der Waals surface area (Å²) < 4.78 is 14.0. The summed E-state index contributed by atoms with van der Waals surface area (Å²) in [7, 11) is 0. The molecule has 2 atom stereocenters. The zero-order valence-corrected chi connectivity index (χ0v) is 11.1. The van der Waals surface area contributed by atoms with Gasteiger partial charge in [-0.3, -0.25) is 4.79 Å². The average molecular weight is 279 g/mol. The number of aliphatic carboxylic acids is 1. The fraction of sp³-hybridized carbons (Fsp3) is 0.429. The molecule has 3 rings (SSSR count). The van der Waals surface area contributed by atoms with E-state index in [-0.39, 0.29) is 17.7 Å². The lowest BCUT2D eigenvalue weighted by Crippen LogP contribution is -2.25. The molecule has 0 amide bonds. The second-order valence-electron chi connectivity index (χ2n) is 5.00. The molecule has 100 valence electrons. The van der Waals surface area contributed by atoms with Gasteiger partial charge in [0.05, 0.1) is 21.1 Å². The van der Waals surface area contributed by atoms with E-state index >= 15 is 0 Å². The molecule has 19 heavy (non-hydrogen) atoms. The van der Waals surface area contributed by atoms with Crippen LogP contribution in [0.4, 0.5) is 4.39 Å². The second kappa shape index (κ2) is 4.89. The Balaban J connectivity index is 1.99. The highest BCUT2D eigenvalue weighted by Gasteiger charge is 2.33. The highest BCUT2D eigenvalue weighted by atomic mass is 32.1. The van der Waals surface area contributed by atoms with Gasteiger partial charge in [-0.05, 0) is 31.0 Å². The monoisotopic (exact) mass is 279 g/mol. The van der Waals surface area contributed by atoms with Gasteiger partial charge in [-0.15, -0.1) is 11.3 Å². The second-order valence-corrected chi connectivity index (χ2v) is 6.06. The summed E-state index contributed by atoms with van der Waals surface area (Å²) in [5, 5.41) is 10.1. The maximum atomic E-state index is 13.2. The van der Waals surface area contributed by atoms with Gasteiger partial charge in [0.2, 0.25) is 0 Å². The van der Waals surface area contributed by atoms with E-state index in [1.54, 1.807) is 6.07 Å². The van der Waals surface area contributed by atoms with Gasteiger partial charge >= 0.3 is 5.97 Å². The highest BCUT2D eigenvalue weighted by molar-refractivity contribution is 7.18. The first kappa shape index (κ1) is 12.5. The molecule has 0 bridgehead atoms. The first-order chi connectivity index (χ1) is 9.15.